The number of carboxylic acid groups (broad SMARTS) is 1. The van der Waals surface area contributed by atoms with Gasteiger partial charge in [-0.1, -0.05) is 6.08 Å². The maximum Gasteiger partial charge on any atom is 0.0643 e. The molecule has 0 bridgehead atoms. The van der Waals surface area contributed by atoms with Crippen LogP contribution in [-0.2, 0) is 11.3 Å². The highest BCUT2D eigenvalue weighted by atomic mass is 16.4. The summed E-state index contributed by atoms with van der Waals surface area (Å²) in [6.45, 7) is 2.73. The molecule has 0 fully saturated rings. The van der Waals surface area contributed by atoms with Gasteiger partial charge < -0.3 is 9.90 Å². The smallest absolute Gasteiger partial charge is 0.0643 e. The molecule has 12 heavy (non-hydrogen) atoms. The number of carbonyl (C=O) groups excluding carboxylic acids is 1. The Morgan fingerprint density at radius 1 is 1.83 bits per heavy atom. The van der Waals surface area contributed by atoms with Gasteiger partial charge >= 0.3 is 0 Å². The van der Waals surface area contributed by atoms with Crippen molar-refractivity contribution in [2.75, 3.05) is 0 Å². The van der Waals surface area contributed by atoms with Gasteiger partial charge in [0, 0.05) is 18.3 Å². The third-order valence-electron chi connectivity index (χ3n) is 1.39. The summed E-state index contributed by atoms with van der Waals surface area (Å²) in [4.78, 5) is 10.0. The molecule has 1 aromatic heterocycles. The Hall–Kier alpha value is -1.58. The molecule has 0 spiro atoms. The molecule has 0 aromatic carbocycles. The Morgan fingerprint density at radius 3 is 3.08 bits per heavy atom. The summed E-state index contributed by atoms with van der Waals surface area (Å²) in [6, 6.07) is 0. The van der Waals surface area contributed by atoms with Gasteiger partial charge in [-0.2, -0.15) is 5.10 Å². The summed E-state index contributed by atoms with van der Waals surface area (Å²) in [6.07, 6.45) is 5.80. The maximum absolute atomic E-state index is 10.0. The number of hydrogen-bond donors (Lipinski definition) is 0. The van der Waals surface area contributed by atoms with Gasteiger partial charge in [0.1, 0.15) is 0 Å². The average molecular weight is 165 g/mol. The average Bonchev–Trinajstić information content (AvgIpc) is 2.48. The van der Waals surface area contributed by atoms with E-state index < -0.39 is 5.97 Å². The Kier molecular flexibility index (Phi) is 2.63. The highest BCUT2D eigenvalue weighted by Gasteiger charge is 1.90. The SMILES string of the molecule is CCn1cc(/C=C/C(=O)[O-])cn1. The van der Waals surface area contributed by atoms with Crippen molar-refractivity contribution in [3.63, 3.8) is 0 Å². The molecule has 0 unspecified atom stereocenters. The molecular weight excluding hydrogens is 156 g/mol. The minimum atomic E-state index is -1.20. The third-order valence-corrected chi connectivity index (χ3v) is 1.39. The zero-order chi connectivity index (χ0) is 8.97. The second kappa shape index (κ2) is 3.71. The minimum absolute atomic E-state index is 0.765. The zero-order valence-electron chi connectivity index (χ0n) is 6.73. The van der Waals surface area contributed by atoms with Gasteiger partial charge in [-0.15, -0.1) is 0 Å². The Bertz CT molecular complexity index is 302. The third kappa shape index (κ3) is 2.23. The van der Waals surface area contributed by atoms with Crippen molar-refractivity contribution in [2.45, 2.75) is 13.5 Å². The van der Waals surface area contributed by atoms with Crippen molar-refractivity contribution in [1.29, 1.82) is 0 Å². The van der Waals surface area contributed by atoms with Crippen molar-refractivity contribution >= 4 is 12.0 Å². The van der Waals surface area contributed by atoms with Crippen LogP contribution >= 0.6 is 0 Å². The summed E-state index contributed by atoms with van der Waals surface area (Å²) < 4.78 is 1.72. The molecule has 64 valence electrons. The van der Waals surface area contributed by atoms with Crippen LogP contribution in [0.4, 0.5) is 0 Å². The quantitative estimate of drug-likeness (QED) is 0.576. The predicted molar refractivity (Wildman–Crippen MR) is 41.9 cm³/mol. The van der Waals surface area contributed by atoms with E-state index in [9.17, 15) is 9.90 Å². The summed E-state index contributed by atoms with van der Waals surface area (Å²) in [5.74, 6) is -1.20. The second-order valence-electron chi connectivity index (χ2n) is 2.28. The topological polar surface area (TPSA) is 58.0 Å². The number of rotatable bonds is 3. The highest BCUT2D eigenvalue weighted by Crippen LogP contribution is 1.99. The molecule has 0 radical (unpaired) electrons. The Balaban J connectivity index is 2.70. The molecule has 1 aromatic rings. The molecule has 0 saturated heterocycles. The Labute approximate surface area is 70.1 Å². The lowest BCUT2D eigenvalue weighted by Crippen LogP contribution is -2.18. The lowest BCUT2D eigenvalue weighted by Gasteiger charge is -1.90. The van der Waals surface area contributed by atoms with Crippen LogP contribution in [0.2, 0.25) is 0 Å². The van der Waals surface area contributed by atoms with Gasteiger partial charge in [-0.25, -0.2) is 0 Å². The van der Waals surface area contributed by atoms with Crippen molar-refractivity contribution in [3.8, 4) is 0 Å². The van der Waals surface area contributed by atoms with E-state index in [4.69, 9.17) is 0 Å². The van der Waals surface area contributed by atoms with Gasteiger partial charge in [0.2, 0.25) is 0 Å². The molecule has 0 aliphatic heterocycles. The lowest BCUT2D eigenvalue weighted by molar-refractivity contribution is -0.297. The van der Waals surface area contributed by atoms with E-state index in [1.54, 1.807) is 17.1 Å². The fraction of sp³-hybridized carbons (Fsp3) is 0.250. The second-order valence-corrected chi connectivity index (χ2v) is 2.28. The van der Waals surface area contributed by atoms with Crippen LogP contribution in [0.25, 0.3) is 6.08 Å². The molecule has 0 amide bonds. The number of carbonyl (C=O) groups is 1. The van der Waals surface area contributed by atoms with Crippen molar-refractivity contribution in [2.24, 2.45) is 0 Å². The van der Waals surface area contributed by atoms with Gasteiger partial charge in [0.15, 0.2) is 0 Å². The highest BCUT2D eigenvalue weighted by molar-refractivity contribution is 5.83. The van der Waals surface area contributed by atoms with Crippen LogP contribution in [0.3, 0.4) is 0 Å². The largest absolute Gasteiger partial charge is 0.545 e. The van der Waals surface area contributed by atoms with Crippen LogP contribution in [0, 0.1) is 0 Å². The van der Waals surface area contributed by atoms with Gasteiger partial charge in [0.05, 0.1) is 12.2 Å². The molecule has 0 N–H and O–H groups in total. The van der Waals surface area contributed by atoms with E-state index in [1.807, 2.05) is 6.92 Å². The van der Waals surface area contributed by atoms with Gasteiger partial charge in [-0.05, 0) is 13.0 Å². The van der Waals surface area contributed by atoms with E-state index in [2.05, 4.69) is 5.10 Å². The molecule has 0 aliphatic carbocycles. The molecule has 4 nitrogen and oxygen atoms in total. The predicted octanol–water partition coefficient (Wildman–Crippen LogP) is -0.334. The molecule has 0 aliphatic rings. The number of hydrogen-bond acceptors (Lipinski definition) is 3. The van der Waals surface area contributed by atoms with Crippen LogP contribution in [0.5, 0.6) is 0 Å². The number of aliphatic carboxylic acids is 1. The van der Waals surface area contributed by atoms with E-state index in [1.165, 1.54) is 6.08 Å². The van der Waals surface area contributed by atoms with Crippen LogP contribution in [0.1, 0.15) is 12.5 Å². The van der Waals surface area contributed by atoms with Crippen LogP contribution < -0.4 is 5.11 Å². The fourth-order valence-corrected chi connectivity index (χ4v) is 0.803. The van der Waals surface area contributed by atoms with Crippen molar-refractivity contribution < 1.29 is 9.90 Å². The monoisotopic (exact) mass is 165 g/mol. The lowest BCUT2D eigenvalue weighted by atomic mass is 10.3. The first kappa shape index (κ1) is 8.52. The minimum Gasteiger partial charge on any atom is -0.545 e. The molecule has 0 saturated carbocycles. The van der Waals surface area contributed by atoms with Gasteiger partial charge in [0.25, 0.3) is 0 Å². The van der Waals surface area contributed by atoms with E-state index in [0.717, 1.165) is 18.2 Å². The molecule has 0 atom stereocenters. The Morgan fingerprint density at radius 2 is 2.58 bits per heavy atom. The van der Waals surface area contributed by atoms with E-state index >= 15 is 0 Å². The summed E-state index contributed by atoms with van der Waals surface area (Å²) >= 11 is 0. The summed E-state index contributed by atoms with van der Waals surface area (Å²) in [7, 11) is 0. The first-order valence-corrected chi connectivity index (χ1v) is 3.64. The van der Waals surface area contributed by atoms with Gasteiger partial charge in [-0.3, -0.25) is 4.68 Å². The summed E-state index contributed by atoms with van der Waals surface area (Å²) in [5.41, 5.74) is 0.765. The molecule has 4 heteroatoms. The standard InChI is InChI=1S/C8H10N2O2/c1-2-10-6-7(5-9-10)3-4-8(11)12/h3-6H,2H2,1H3,(H,11,12)/p-1/b4-3+. The number of aryl methyl sites for hydroxylation is 1. The van der Waals surface area contributed by atoms with E-state index in [0.29, 0.717) is 0 Å². The number of nitrogens with zero attached hydrogens (tertiary/aromatic N) is 2. The van der Waals surface area contributed by atoms with Crippen LogP contribution in [0.15, 0.2) is 18.5 Å². The van der Waals surface area contributed by atoms with Crippen molar-refractivity contribution in [3.05, 3.63) is 24.0 Å². The van der Waals surface area contributed by atoms with Crippen molar-refractivity contribution in [1.82, 2.24) is 9.78 Å². The van der Waals surface area contributed by atoms with Crippen LogP contribution in [-0.4, -0.2) is 15.7 Å². The maximum atomic E-state index is 10.0. The molecular formula is C8H9N2O2-. The zero-order valence-corrected chi connectivity index (χ0v) is 6.73. The van der Waals surface area contributed by atoms with E-state index in [-0.39, 0.29) is 0 Å². The first-order valence-electron chi connectivity index (χ1n) is 3.64. The first-order chi connectivity index (χ1) is 5.72. The fourth-order valence-electron chi connectivity index (χ4n) is 0.803. The molecule has 1 heterocycles. The normalized spacial score (nSPS) is 10.8. The number of carboxylic acids is 1. The number of aromatic nitrogens is 2. The molecule has 1 rings (SSSR count). The summed E-state index contributed by atoms with van der Waals surface area (Å²) in [5, 5.41) is 14.0.